The van der Waals surface area contributed by atoms with E-state index in [2.05, 4.69) is 28.2 Å². The molecule has 1 aliphatic heterocycles. The number of hydrogen-bond acceptors (Lipinski definition) is 4. The zero-order valence-corrected chi connectivity index (χ0v) is 16.8. The third-order valence-electron chi connectivity index (χ3n) is 4.58. The zero-order chi connectivity index (χ0) is 18.4. The Hall–Kier alpha value is -2.09. The van der Waals surface area contributed by atoms with Gasteiger partial charge >= 0.3 is 6.03 Å². The predicted octanol–water partition coefficient (Wildman–Crippen LogP) is 3.93. The Bertz CT molecular complexity index is 760. The SMILES string of the molecule is CC1(CNC(=O)c2ccc(NC(=O)Nc3ccccc3)s2)CCNCC1.Cl. The summed E-state index contributed by atoms with van der Waals surface area (Å²) in [6, 6.07) is 12.4. The number of anilines is 2. The molecule has 0 unspecified atom stereocenters. The number of hydrogen-bond donors (Lipinski definition) is 4. The highest BCUT2D eigenvalue weighted by molar-refractivity contribution is 7.18. The van der Waals surface area contributed by atoms with Gasteiger partial charge in [-0.1, -0.05) is 25.1 Å². The summed E-state index contributed by atoms with van der Waals surface area (Å²) < 4.78 is 0. The van der Waals surface area contributed by atoms with Gasteiger partial charge in [-0.2, -0.15) is 0 Å². The molecule has 0 bridgehead atoms. The molecule has 4 N–H and O–H groups in total. The first-order valence-electron chi connectivity index (χ1n) is 8.76. The van der Waals surface area contributed by atoms with Crippen molar-refractivity contribution in [2.45, 2.75) is 19.8 Å². The number of benzene rings is 1. The summed E-state index contributed by atoms with van der Waals surface area (Å²) in [7, 11) is 0. The third-order valence-corrected chi connectivity index (χ3v) is 5.58. The van der Waals surface area contributed by atoms with Gasteiger partial charge in [0.2, 0.25) is 0 Å². The van der Waals surface area contributed by atoms with E-state index < -0.39 is 0 Å². The third kappa shape index (κ3) is 6.23. The van der Waals surface area contributed by atoms with Gasteiger partial charge in [0.1, 0.15) is 0 Å². The molecule has 1 aliphatic rings. The summed E-state index contributed by atoms with van der Waals surface area (Å²) >= 11 is 1.27. The molecule has 3 rings (SSSR count). The van der Waals surface area contributed by atoms with E-state index in [0.717, 1.165) is 31.6 Å². The second-order valence-electron chi connectivity index (χ2n) is 6.85. The fraction of sp³-hybridized carbons (Fsp3) is 0.368. The molecule has 0 spiro atoms. The minimum atomic E-state index is -0.327. The Morgan fingerprint density at radius 3 is 2.48 bits per heavy atom. The highest BCUT2D eigenvalue weighted by Gasteiger charge is 2.27. The van der Waals surface area contributed by atoms with Crippen LogP contribution in [0.2, 0.25) is 0 Å². The number of thiophene rings is 1. The van der Waals surface area contributed by atoms with E-state index in [0.29, 0.717) is 16.4 Å². The average Bonchev–Trinajstić information content (AvgIpc) is 3.09. The average molecular weight is 409 g/mol. The van der Waals surface area contributed by atoms with Gasteiger partial charge in [-0.3, -0.25) is 10.1 Å². The first-order chi connectivity index (χ1) is 12.5. The molecule has 146 valence electrons. The standard InChI is InChI=1S/C19H24N4O2S.ClH/c1-19(9-11-20-12-10-19)13-21-17(24)15-7-8-16(26-15)23-18(25)22-14-5-3-2-4-6-14;/h2-8,20H,9-13H2,1H3,(H,21,24)(H2,22,23,25);1H. The molecule has 1 fully saturated rings. The Labute approximate surface area is 169 Å². The van der Waals surface area contributed by atoms with Crippen LogP contribution in [0.25, 0.3) is 0 Å². The number of carbonyl (C=O) groups excluding carboxylic acids is 2. The van der Waals surface area contributed by atoms with Crippen molar-refractivity contribution >= 4 is 46.4 Å². The summed E-state index contributed by atoms with van der Waals surface area (Å²) in [5, 5.41) is 12.5. The van der Waals surface area contributed by atoms with Gasteiger partial charge in [0.25, 0.3) is 5.91 Å². The molecule has 1 saturated heterocycles. The Kier molecular flexibility index (Phi) is 7.65. The number of amides is 3. The second-order valence-corrected chi connectivity index (χ2v) is 7.94. The molecule has 0 saturated carbocycles. The van der Waals surface area contributed by atoms with Crippen LogP contribution in [-0.4, -0.2) is 31.6 Å². The van der Waals surface area contributed by atoms with Crippen LogP contribution in [-0.2, 0) is 0 Å². The van der Waals surface area contributed by atoms with Crippen LogP contribution in [0.3, 0.4) is 0 Å². The van der Waals surface area contributed by atoms with E-state index in [-0.39, 0.29) is 29.8 Å². The second kappa shape index (κ2) is 9.73. The highest BCUT2D eigenvalue weighted by Crippen LogP contribution is 2.27. The van der Waals surface area contributed by atoms with Gasteiger partial charge < -0.3 is 16.0 Å². The summed E-state index contributed by atoms with van der Waals surface area (Å²) in [5.41, 5.74) is 0.865. The summed E-state index contributed by atoms with van der Waals surface area (Å²) in [6.07, 6.45) is 2.12. The molecule has 1 aromatic carbocycles. The van der Waals surface area contributed by atoms with Gasteiger partial charge in [0.05, 0.1) is 9.88 Å². The van der Waals surface area contributed by atoms with Gasteiger partial charge in [-0.25, -0.2) is 4.79 Å². The highest BCUT2D eigenvalue weighted by atomic mass is 35.5. The summed E-state index contributed by atoms with van der Waals surface area (Å²) in [6.45, 7) is 4.87. The largest absolute Gasteiger partial charge is 0.351 e. The number of halogens is 1. The van der Waals surface area contributed by atoms with Gasteiger partial charge in [-0.05, 0) is 55.6 Å². The first-order valence-corrected chi connectivity index (χ1v) is 9.58. The first kappa shape index (κ1) is 21.2. The molecule has 2 aromatic rings. The molecule has 3 amide bonds. The van der Waals surface area contributed by atoms with E-state index >= 15 is 0 Å². The number of urea groups is 1. The zero-order valence-electron chi connectivity index (χ0n) is 15.2. The normalized spacial score (nSPS) is 15.3. The van der Waals surface area contributed by atoms with Crippen molar-refractivity contribution in [1.29, 1.82) is 0 Å². The molecule has 1 aromatic heterocycles. The lowest BCUT2D eigenvalue weighted by Gasteiger charge is -2.34. The Morgan fingerprint density at radius 2 is 1.78 bits per heavy atom. The smallest absolute Gasteiger partial charge is 0.324 e. The number of para-hydroxylation sites is 1. The molecular formula is C19H25ClN4O2S. The van der Waals surface area contributed by atoms with Crippen molar-refractivity contribution in [3.8, 4) is 0 Å². The van der Waals surface area contributed by atoms with Gasteiger partial charge in [0, 0.05) is 12.2 Å². The van der Waals surface area contributed by atoms with E-state index in [1.807, 2.05) is 30.3 Å². The minimum Gasteiger partial charge on any atom is -0.351 e. The number of carbonyl (C=O) groups is 2. The van der Waals surface area contributed by atoms with Crippen molar-refractivity contribution < 1.29 is 9.59 Å². The van der Waals surface area contributed by atoms with Crippen molar-refractivity contribution in [2.24, 2.45) is 5.41 Å². The lowest BCUT2D eigenvalue weighted by molar-refractivity contribution is 0.0926. The molecule has 6 nitrogen and oxygen atoms in total. The number of piperidine rings is 1. The maximum absolute atomic E-state index is 12.4. The molecule has 0 radical (unpaired) electrons. The van der Waals surface area contributed by atoms with E-state index in [1.54, 1.807) is 12.1 Å². The Morgan fingerprint density at radius 1 is 1.07 bits per heavy atom. The fourth-order valence-corrected chi connectivity index (χ4v) is 3.73. The van der Waals surface area contributed by atoms with Crippen LogP contribution in [0.1, 0.15) is 29.4 Å². The maximum atomic E-state index is 12.4. The van der Waals surface area contributed by atoms with Crippen molar-refractivity contribution in [2.75, 3.05) is 30.3 Å². The quantitative estimate of drug-likeness (QED) is 0.604. The maximum Gasteiger partial charge on any atom is 0.324 e. The van der Waals surface area contributed by atoms with Crippen LogP contribution in [0.5, 0.6) is 0 Å². The molecule has 0 aliphatic carbocycles. The van der Waals surface area contributed by atoms with Crippen LogP contribution in [0, 0.1) is 5.41 Å². The van der Waals surface area contributed by atoms with Crippen molar-refractivity contribution in [3.63, 3.8) is 0 Å². The van der Waals surface area contributed by atoms with E-state index in [1.165, 1.54) is 11.3 Å². The van der Waals surface area contributed by atoms with Crippen LogP contribution < -0.4 is 21.3 Å². The van der Waals surface area contributed by atoms with Crippen molar-refractivity contribution in [1.82, 2.24) is 10.6 Å². The topological polar surface area (TPSA) is 82.3 Å². The molecule has 8 heteroatoms. The lowest BCUT2D eigenvalue weighted by Crippen LogP contribution is -2.42. The predicted molar refractivity (Wildman–Crippen MR) is 113 cm³/mol. The summed E-state index contributed by atoms with van der Waals surface area (Å²) in [4.78, 5) is 25.0. The molecular weight excluding hydrogens is 384 g/mol. The number of rotatable bonds is 5. The van der Waals surface area contributed by atoms with E-state index in [9.17, 15) is 9.59 Å². The van der Waals surface area contributed by atoms with Gasteiger partial charge in [-0.15, -0.1) is 23.7 Å². The minimum absolute atomic E-state index is 0. The monoisotopic (exact) mass is 408 g/mol. The summed E-state index contributed by atoms with van der Waals surface area (Å²) in [5.74, 6) is -0.0914. The fourth-order valence-electron chi connectivity index (χ4n) is 2.91. The van der Waals surface area contributed by atoms with Crippen LogP contribution >= 0.6 is 23.7 Å². The number of nitrogens with one attached hydrogen (secondary N) is 4. The Balaban J connectivity index is 0.00000261. The van der Waals surface area contributed by atoms with Crippen molar-refractivity contribution in [3.05, 3.63) is 47.3 Å². The molecule has 27 heavy (non-hydrogen) atoms. The molecule has 2 heterocycles. The van der Waals surface area contributed by atoms with E-state index in [4.69, 9.17) is 0 Å². The van der Waals surface area contributed by atoms with Gasteiger partial charge in [0.15, 0.2) is 0 Å². The van der Waals surface area contributed by atoms with Crippen LogP contribution in [0.4, 0.5) is 15.5 Å². The lowest BCUT2D eigenvalue weighted by atomic mass is 9.81. The molecule has 0 atom stereocenters. The van der Waals surface area contributed by atoms with Crippen LogP contribution in [0.15, 0.2) is 42.5 Å².